The number of aryl methyl sites for hydroxylation is 1. The minimum Gasteiger partial charge on any atom is -0.378 e. The first-order valence-electron chi connectivity index (χ1n) is 9.02. The first-order chi connectivity index (χ1) is 11.3. The number of nitrogens with one attached hydrogen (secondary N) is 2. The maximum Gasteiger partial charge on any atom is 0.315 e. The lowest BCUT2D eigenvalue weighted by molar-refractivity contribution is -0.0999. The van der Waals surface area contributed by atoms with Crippen LogP contribution in [0.4, 0.5) is 4.79 Å². The van der Waals surface area contributed by atoms with E-state index in [0.717, 1.165) is 38.8 Å². The van der Waals surface area contributed by atoms with E-state index in [4.69, 9.17) is 4.74 Å². The summed E-state index contributed by atoms with van der Waals surface area (Å²) in [6.07, 6.45) is 7.07. The zero-order chi connectivity index (χ0) is 15.6. The average Bonchev–Trinajstić information content (AvgIpc) is 2.58. The SMILES string of the molecule is O=C(NC[C@@H]1CCc2ccccc2C1)N[C@@H]1C[C@H]2OCCC[C@H]12. The molecule has 2 fully saturated rings. The molecule has 4 heteroatoms. The van der Waals surface area contributed by atoms with Crippen molar-refractivity contribution in [3.8, 4) is 0 Å². The quantitative estimate of drug-likeness (QED) is 0.901. The molecule has 1 saturated heterocycles. The number of amides is 2. The third kappa shape index (κ3) is 3.23. The highest BCUT2D eigenvalue weighted by Crippen LogP contribution is 2.37. The number of carbonyl (C=O) groups is 1. The summed E-state index contributed by atoms with van der Waals surface area (Å²) < 4.78 is 5.71. The molecular formula is C19H26N2O2. The predicted octanol–water partition coefficient (Wildman–Crippen LogP) is 2.66. The molecule has 0 unspecified atom stereocenters. The molecule has 1 heterocycles. The molecule has 2 N–H and O–H groups in total. The summed E-state index contributed by atoms with van der Waals surface area (Å²) >= 11 is 0. The highest BCUT2D eigenvalue weighted by atomic mass is 16.5. The van der Waals surface area contributed by atoms with Gasteiger partial charge in [0.15, 0.2) is 0 Å². The summed E-state index contributed by atoms with van der Waals surface area (Å²) in [5.74, 6) is 1.10. The van der Waals surface area contributed by atoms with Crippen LogP contribution >= 0.6 is 0 Å². The van der Waals surface area contributed by atoms with Gasteiger partial charge in [0.05, 0.1) is 6.10 Å². The number of carbonyl (C=O) groups excluding carboxylic acids is 1. The van der Waals surface area contributed by atoms with Gasteiger partial charge in [0, 0.05) is 25.1 Å². The summed E-state index contributed by atoms with van der Waals surface area (Å²) in [6.45, 7) is 1.67. The van der Waals surface area contributed by atoms with E-state index in [-0.39, 0.29) is 6.03 Å². The van der Waals surface area contributed by atoms with Crippen molar-refractivity contribution < 1.29 is 9.53 Å². The van der Waals surface area contributed by atoms with Crippen LogP contribution in [0.1, 0.15) is 36.8 Å². The zero-order valence-corrected chi connectivity index (χ0v) is 13.6. The fourth-order valence-corrected chi connectivity index (χ4v) is 4.37. The zero-order valence-electron chi connectivity index (χ0n) is 13.6. The average molecular weight is 314 g/mol. The van der Waals surface area contributed by atoms with Crippen molar-refractivity contribution in [1.29, 1.82) is 0 Å². The minimum atomic E-state index is -0.00196. The van der Waals surface area contributed by atoms with E-state index >= 15 is 0 Å². The lowest BCUT2D eigenvalue weighted by Gasteiger charge is -2.47. The third-order valence-corrected chi connectivity index (χ3v) is 5.81. The van der Waals surface area contributed by atoms with Crippen LogP contribution in [0.25, 0.3) is 0 Å². The normalized spacial score (nSPS) is 32.2. The van der Waals surface area contributed by atoms with E-state index in [9.17, 15) is 4.79 Å². The molecule has 0 radical (unpaired) electrons. The summed E-state index contributed by atoms with van der Waals surface area (Å²) in [5.41, 5.74) is 2.93. The molecule has 2 aliphatic carbocycles. The van der Waals surface area contributed by atoms with E-state index in [1.807, 2.05) is 0 Å². The summed E-state index contributed by atoms with van der Waals surface area (Å²) in [6, 6.07) is 8.99. The topological polar surface area (TPSA) is 50.4 Å². The molecule has 1 saturated carbocycles. The third-order valence-electron chi connectivity index (χ3n) is 5.81. The Morgan fingerprint density at radius 2 is 2.09 bits per heavy atom. The molecule has 4 nitrogen and oxygen atoms in total. The fourth-order valence-electron chi connectivity index (χ4n) is 4.37. The molecule has 0 bridgehead atoms. The number of fused-ring (bicyclic) bond motifs is 2. The maximum atomic E-state index is 12.1. The number of ether oxygens (including phenoxy) is 1. The van der Waals surface area contributed by atoms with Crippen LogP contribution in [0.5, 0.6) is 0 Å². The standard InChI is InChI=1S/C19H26N2O2/c22-19(21-17-11-18-16(17)6-3-9-23-18)20-12-13-7-8-14-4-1-2-5-15(14)10-13/h1-2,4-5,13,16-18H,3,6-12H2,(H2,20,21,22)/t13-,16-,17-,18-/m1/s1. The van der Waals surface area contributed by atoms with Crippen LogP contribution in [-0.4, -0.2) is 31.3 Å². The van der Waals surface area contributed by atoms with Crippen LogP contribution in [-0.2, 0) is 17.6 Å². The molecule has 1 aromatic carbocycles. The molecule has 124 valence electrons. The maximum absolute atomic E-state index is 12.1. The Labute approximate surface area is 138 Å². The van der Waals surface area contributed by atoms with Gasteiger partial charge < -0.3 is 15.4 Å². The lowest BCUT2D eigenvalue weighted by Crippen LogP contribution is -2.59. The number of rotatable bonds is 3. The summed E-state index contributed by atoms with van der Waals surface area (Å²) in [7, 11) is 0. The highest BCUT2D eigenvalue weighted by molar-refractivity contribution is 5.74. The van der Waals surface area contributed by atoms with Crippen LogP contribution < -0.4 is 10.6 Å². The molecule has 0 spiro atoms. The van der Waals surface area contributed by atoms with Gasteiger partial charge in [0.25, 0.3) is 0 Å². The Morgan fingerprint density at radius 1 is 1.22 bits per heavy atom. The van der Waals surface area contributed by atoms with Crippen LogP contribution in [0, 0.1) is 11.8 Å². The van der Waals surface area contributed by atoms with Gasteiger partial charge in [-0.25, -0.2) is 4.79 Å². The van der Waals surface area contributed by atoms with Crippen molar-refractivity contribution in [3.05, 3.63) is 35.4 Å². The number of hydrogen-bond donors (Lipinski definition) is 2. The van der Waals surface area contributed by atoms with E-state index in [2.05, 4.69) is 34.9 Å². The van der Waals surface area contributed by atoms with Crippen molar-refractivity contribution >= 4 is 6.03 Å². The molecule has 4 atom stereocenters. The van der Waals surface area contributed by atoms with Gasteiger partial charge in [0.1, 0.15) is 0 Å². The second kappa shape index (κ2) is 6.52. The van der Waals surface area contributed by atoms with E-state index in [1.165, 1.54) is 24.0 Å². The number of urea groups is 1. The first kappa shape index (κ1) is 15.0. The molecule has 23 heavy (non-hydrogen) atoms. The molecule has 2 amide bonds. The summed E-state index contributed by atoms with van der Waals surface area (Å²) in [4.78, 5) is 12.1. The Morgan fingerprint density at radius 3 is 2.96 bits per heavy atom. The first-order valence-corrected chi connectivity index (χ1v) is 9.02. The predicted molar refractivity (Wildman–Crippen MR) is 89.4 cm³/mol. The Kier molecular flexibility index (Phi) is 4.25. The molecule has 1 aromatic rings. The van der Waals surface area contributed by atoms with Crippen LogP contribution in [0.15, 0.2) is 24.3 Å². The van der Waals surface area contributed by atoms with E-state index in [0.29, 0.717) is 24.0 Å². The number of benzene rings is 1. The Hall–Kier alpha value is -1.55. The largest absolute Gasteiger partial charge is 0.378 e. The lowest BCUT2D eigenvalue weighted by atomic mass is 9.72. The summed E-state index contributed by atoms with van der Waals surface area (Å²) in [5, 5.41) is 6.23. The minimum absolute atomic E-state index is 0.00196. The van der Waals surface area contributed by atoms with Crippen molar-refractivity contribution in [3.63, 3.8) is 0 Å². The van der Waals surface area contributed by atoms with Crippen molar-refractivity contribution in [2.24, 2.45) is 11.8 Å². The van der Waals surface area contributed by atoms with Crippen molar-refractivity contribution in [2.45, 2.75) is 50.7 Å². The van der Waals surface area contributed by atoms with Gasteiger partial charge in [0.2, 0.25) is 0 Å². The van der Waals surface area contributed by atoms with Gasteiger partial charge in [-0.15, -0.1) is 0 Å². The monoisotopic (exact) mass is 314 g/mol. The molecule has 4 rings (SSSR count). The second-order valence-corrected chi connectivity index (χ2v) is 7.29. The van der Waals surface area contributed by atoms with Crippen molar-refractivity contribution in [1.82, 2.24) is 10.6 Å². The van der Waals surface area contributed by atoms with Gasteiger partial charge in [-0.3, -0.25) is 0 Å². The van der Waals surface area contributed by atoms with Crippen LogP contribution in [0.2, 0.25) is 0 Å². The Bertz CT molecular complexity index is 574. The van der Waals surface area contributed by atoms with Gasteiger partial charge in [-0.2, -0.15) is 0 Å². The molecule has 0 aromatic heterocycles. The van der Waals surface area contributed by atoms with Crippen molar-refractivity contribution in [2.75, 3.05) is 13.2 Å². The smallest absolute Gasteiger partial charge is 0.315 e. The highest BCUT2D eigenvalue weighted by Gasteiger charge is 2.43. The fraction of sp³-hybridized carbons (Fsp3) is 0.632. The molecule has 1 aliphatic heterocycles. The molecular weight excluding hydrogens is 288 g/mol. The van der Waals surface area contributed by atoms with Gasteiger partial charge >= 0.3 is 6.03 Å². The van der Waals surface area contributed by atoms with E-state index < -0.39 is 0 Å². The Balaban J connectivity index is 1.22. The molecule has 3 aliphatic rings. The van der Waals surface area contributed by atoms with Gasteiger partial charge in [-0.05, 0) is 55.6 Å². The van der Waals surface area contributed by atoms with Gasteiger partial charge in [-0.1, -0.05) is 24.3 Å². The van der Waals surface area contributed by atoms with Crippen LogP contribution in [0.3, 0.4) is 0 Å². The number of hydrogen-bond acceptors (Lipinski definition) is 2. The van der Waals surface area contributed by atoms with E-state index in [1.54, 1.807) is 0 Å². The second-order valence-electron chi connectivity index (χ2n) is 7.29.